The fourth-order valence-corrected chi connectivity index (χ4v) is 2.77. The first-order chi connectivity index (χ1) is 12.9. The molecule has 10 heteroatoms. The number of nitrogens with zero attached hydrogens (tertiary/aromatic N) is 2. The molecule has 0 amide bonds. The molecule has 0 saturated heterocycles. The lowest BCUT2D eigenvalue weighted by Gasteiger charge is -2.21. The summed E-state index contributed by atoms with van der Waals surface area (Å²) in [5.74, 6) is 0. The third-order valence-corrected chi connectivity index (χ3v) is 4.06. The molecule has 2 rings (SSSR count). The van der Waals surface area contributed by atoms with Crippen LogP contribution in [0.25, 0.3) is 5.70 Å². The fourth-order valence-electron chi connectivity index (χ4n) is 2.50. The summed E-state index contributed by atoms with van der Waals surface area (Å²) in [6.07, 6.45) is -5.23. The predicted octanol–water partition coefficient (Wildman–Crippen LogP) is 6.27. The van der Waals surface area contributed by atoms with Crippen LogP contribution in [0, 0.1) is 0 Å². The van der Waals surface area contributed by atoms with Crippen molar-refractivity contribution in [1.82, 2.24) is 15.3 Å². The summed E-state index contributed by atoms with van der Waals surface area (Å²) in [6, 6.07) is 0.836. The number of alkyl halides is 6. The average Bonchev–Trinajstić information content (AvgIpc) is 2.59. The van der Waals surface area contributed by atoms with Gasteiger partial charge in [0, 0.05) is 18.1 Å². The van der Waals surface area contributed by atoms with E-state index in [1.165, 1.54) is 18.5 Å². The Morgan fingerprint density at radius 2 is 1.57 bits per heavy atom. The summed E-state index contributed by atoms with van der Waals surface area (Å²) in [7, 11) is 0. The van der Waals surface area contributed by atoms with E-state index < -0.39 is 29.5 Å². The van der Waals surface area contributed by atoms with Gasteiger partial charge in [-0.05, 0) is 37.1 Å². The van der Waals surface area contributed by atoms with E-state index >= 15 is 0 Å². The molecule has 1 aromatic carbocycles. The number of allylic oxidation sites excluding steroid dienone is 1. The zero-order valence-electron chi connectivity index (χ0n) is 14.8. The molecule has 0 radical (unpaired) electrons. The Morgan fingerprint density at radius 1 is 1.04 bits per heavy atom. The molecule has 0 fully saturated rings. The van der Waals surface area contributed by atoms with E-state index in [1.54, 1.807) is 13.8 Å². The largest absolute Gasteiger partial charge is 0.416 e. The lowest BCUT2D eigenvalue weighted by atomic mass is 10.0. The van der Waals surface area contributed by atoms with Crippen molar-refractivity contribution in [3.8, 4) is 0 Å². The first-order valence-electron chi connectivity index (χ1n) is 8.16. The van der Waals surface area contributed by atoms with Crippen LogP contribution in [0.1, 0.15) is 48.7 Å². The average molecular weight is 424 g/mol. The Labute approximate surface area is 162 Å². The minimum atomic E-state index is -4.92. The SMILES string of the molecule is CCC=C(NC(C)c1nccnc1Cl)c1cc(C(F)(F)F)cc(C(F)(F)F)c1. The van der Waals surface area contributed by atoms with Crippen molar-refractivity contribution >= 4 is 17.3 Å². The lowest BCUT2D eigenvalue weighted by Crippen LogP contribution is -2.20. The number of aromatic nitrogens is 2. The normalized spacial score (nSPS) is 14.1. The third kappa shape index (κ3) is 5.37. The number of nitrogens with one attached hydrogen (secondary N) is 1. The first kappa shape index (κ1) is 22.0. The van der Waals surface area contributed by atoms with Gasteiger partial charge in [-0.3, -0.25) is 4.98 Å². The standard InChI is InChI=1S/C18H16ClF6N3/c1-3-4-14(28-10(2)15-16(19)27-6-5-26-15)11-7-12(17(20,21)22)9-13(8-11)18(23,24)25/h4-10,28H,3H2,1-2H3. The summed E-state index contributed by atoms with van der Waals surface area (Å²) >= 11 is 5.97. The van der Waals surface area contributed by atoms with Crippen LogP contribution in [0.15, 0.2) is 36.7 Å². The van der Waals surface area contributed by atoms with E-state index in [1.807, 2.05) is 0 Å². The van der Waals surface area contributed by atoms with Crippen LogP contribution in [-0.2, 0) is 12.4 Å². The molecule has 0 aliphatic heterocycles. The van der Waals surface area contributed by atoms with Crippen LogP contribution in [0.2, 0.25) is 5.15 Å². The Balaban J connectivity index is 2.51. The summed E-state index contributed by atoms with van der Waals surface area (Å²) in [4.78, 5) is 7.92. The molecule has 0 spiro atoms. The van der Waals surface area contributed by atoms with Gasteiger partial charge in [0.1, 0.15) is 0 Å². The number of rotatable bonds is 5. The minimum absolute atomic E-state index is 0.0818. The van der Waals surface area contributed by atoms with Crippen molar-refractivity contribution in [3.05, 3.63) is 64.2 Å². The van der Waals surface area contributed by atoms with E-state index in [9.17, 15) is 26.3 Å². The zero-order valence-corrected chi connectivity index (χ0v) is 15.5. The molecule has 0 aliphatic rings. The Hall–Kier alpha value is -2.29. The predicted molar refractivity (Wildman–Crippen MR) is 93.3 cm³/mol. The van der Waals surface area contributed by atoms with Gasteiger partial charge < -0.3 is 5.32 Å². The molecule has 1 heterocycles. The molecule has 28 heavy (non-hydrogen) atoms. The number of halogens is 7. The maximum atomic E-state index is 13.1. The Kier molecular flexibility index (Phi) is 6.59. The van der Waals surface area contributed by atoms with E-state index in [4.69, 9.17) is 11.6 Å². The lowest BCUT2D eigenvalue weighted by molar-refractivity contribution is -0.143. The summed E-state index contributed by atoms with van der Waals surface area (Å²) in [6.45, 7) is 3.33. The molecule has 0 bridgehead atoms. The summed E-state index contributed by atoms with van der Waals surface area (Å²) < 4.78 is 78.7. The highest BCUT2D eigenvalue weighted by Gasteiger charge is 2.37. The summed E-state index contributed by atoms with van der Waals surface area (Å²) in [5.41, 5.74) is -2.59. The van der Waals surface area contributed by atoms with Gasteiger partial charge in [-0.25, -0.2) is 4.98 Å². The van der Waals surface area contributed by atoms with Crippen molar-refractivity contribution in [1.29, 1.82) is 0 Å². The summed E-state index contributed by atoms with van der Waals surface area (Å²) in [5, 5.41) is 2.97. The zero-order chi connectivity index (χ0) is 21.1. The quantitative estimate of drug-likeness (QED) is 0.576. The molecule has 1 atom stereocenters. The van der Waals surface area contributed by atoms with Crippen LogP contribution in [0.4, 0.5) is 26.3 Å². The Morgan fingerprint density at radius 3 is 2.04 bits per heavy atom. The van der Waals surface area contributed by atoms with Crippen molar-refractivity contribution in [2.75, 3.05) is 0 Å². The van der Waals surface area contributed by atoms with Crippen LogP contribution in [-0.4, -0.2) is 9.97 Å². The van der Waals surface area contributed by atoms with Gasteiger partial charge >= 0.3 is 12.4 Å². The van der Waals surface area contributed by atoms with Crippen LogP contribution in [0.5, 0.6) is 0 Å². The van der Waals surface area contributed by atoms with Gasteiger partial charge in [0.25, 0.3) is 0 Å². The molecule has 1 N–H and O–H groups in total. The molecule has 0 aliphatic carbocycles. The van der Waals surface area contributed by atoms with Crippen molar-refractivity contribution in [2.24, 2.45) is 0 Å². The van der Waals surface area contributed by atoms with Gasteiger partial charge in [0.2, 0.25) is 0 Å². The van der Waals surface area contributed by atoms with Gasteiger partial charge in [-0.1, -0.05) is 24.6 Å². The molecule has 0 saturated carbocycles. The second-order valence-corrected chi connectivity index (χ2v) is 6.28. The number of benzene rings is 1. The number of hydrogen-bond donors (Lipinski definition) is 1. The monoisotopic (exact) mass is 423 g/mol. The molecular weight excluding hydrogens is 408 g/mol. The molecule has 1 unspecified atom stereocenters. The second-order valence-electron chi connectivity index (χ2n) is 5.92. The van der Waals surface area contributed by atoms with Crippen LogP contribution in [0.3, 0.4) is 0 Å². The van der Waals surface area contributed by atoms with E-state index in [2.05, 4.69) is 15.3 Å². The smallest absolute Gasteiger partial charge is 0.377 e. The van der Waals surface area contributed by atoms with Gasteiger partial charge in [-0.2, -0.15) is 26.3 Å². The minimum Gasteiger partial charge on any atom is -0.377 e. The number of hydrogen-bond acceptors (Lipinski definition) is 3. The fraction of sp³-hybridized carbons (Fsp3) is 0.333. The van der Waals surface area contributed by atoms with E-state index in [0.717, 1.165) is 0 Å². The molecule has 1 aromatic heterocycles. The van der Waals surface area contributed by atoms with Crippen molar-refractivity contribution in [2.45, 2.75) is 38.7 Å². The molecule has 152 valence electrons. The van der Waals surface area contributed by atoms with E-state index in [0.29, 0.717) is 24.2 Å². The molecular formula is C18H16ClF6N3. The highest BCUT2D eigenvalue weighted by molar-refractivity contribution is 6.30. The third-order valence-electron chi connectivity index (χ3n) is 3.77. The van der Waals surface area contributed by atoms with Gasteiger partial charge in [-0.15, -0.1) is 0 Å². The topological polar surface area (TPSA) is 37.8 Å². The van der Waals surface area contributed by atoms with Crippen molar-refractivity contribution < 1.29 is 26.3 Å². The van der Waals surface area contributed by atoms with E-state index in [-0.39, 0.29) is 22.5 Å². The highest BCUT2D eigenvalue weighted by atomic mass is 35.5. The molecule has 3 nitrogen and oxygen atoms in total. The highest BCUT2D eigenvalue weighted by Crippen LogP contribution is 2.37. The van der Waals surface area contributed by atoms with Crippen LogP contribution < -0.4 is 5.32 Å². The molecule has 2 aromatic rings. The second kappa shape index (κ2) is 8.38. The Bertz CT molecular complexity index is 829. The van der Waals surface area contributed by atoms with Gasteiger partial charge in [0.15, 0.2) is 5.15 Å². The van der Waals surface area contributed by atoms with Gasteiger partial charge in [0.05, 0.1) is 22.9 Å². The maximum absolute atomic E-state index is 13.1. The first-order valence-corrected chi connectivity index (χ1v) is 8.54. The van der Waals surface area contributed by atoms with Crippen molar-refractivity contribution in [3.63, 3.8) is 0 Å². The van der Waals surface area contributed by atoms with Crippen LogP contribution >= 0.6 is 11.6 Å². The maximum Gasteiger partial charge on any atom is 0.416 e.